The van der Waals surface area contributed by atoms with Gasteiger partial charge in [0.25, 0.3) is 0 Å². The molecule has 0 heterocycles. The Morgan fingerprint density at radius 3 is 2.70 bits per heavy atom. The van der Waals surface area contributed by atoms with Crippen LogP contribution in [0.15, 0.2) is 23.5 Å². The Morgan fingerprint density at radius 1 is 1.50 bits per heavy atom. The van der Waals surface area contributed by atoms with E-state index in [1.54, 1.807) is 0 Å². The van der Waals surface area contributed by atoms with E-state index in [4.69, 9.17) is 0 Å². The zero-order valence-corrected chi connectivity index (χ0v) is 5.53. The Morgan fingerprint density at radius 2 is 2.20 bits per heavy atom. The number of rotatable bonds is 1. The third-order valence-corrected chi connectivity index (χ3v) is 1.25. The lowest BCUT2D eigenvalue weighted by Crippen LogP contribution is -1.96. The highest BCUT2D eigenvalue weighted by Gasteiger charge is 2.15. The lowest BCUT2D eigenvalue weighted by Gasteiger charge is -2.08. The fourth-order valence-corrected chi connectivity index (χ4v) is 0.739. The molecule has 0 atom stereocenters. The number of halogens is 2. The van der Waals surface area contributed by atoms with Crippen molar-refractivity contribution >= 4 is 0 Å². The van der Waals surface area contributed by atoms with E-state index >= 15 is 0 Å². The van der Waals surface area contributed by atoms with Crippen molar-refractivity contribution in [3.63, 3.8) is 0 Å². The molecule has 0 spiro atoms. The highest BCUT2D eigenvalue weighted by atomic mass is 19.2. The van der Waals surface area contributed by atoms with Gasteiger partial charge in [-0.2, -0.15) is 0 Å². The van der Waals surface area contributed by atoms with Crippen LogP contribution < -0.4 is 0 Å². The second kappa shape index (κ2) is 2.82. The average molecular weight is 145 g/mol. The standard InChI is InChI=1S/C7H7F2O/c1-10-6-4-2-3-5(8)7(6)9/h3-4H,2H2,1H3. The SMILES string of the molecule is COC1=CC[CH]C(F)=C1F. The van der Waals surface area contributed by atoms with Gasteiger partial charge in [-0.3, -0.25) is 0 Å². The molecule has 1 rings (SSSR count). The molecule has 0 saturated carbocycles. The number of hydrogen-bond acceptors (Lipinski definition) is 1. The van der Waals surface area contributed by atoms with E-state index in [0.29, 0.717) is 6.42 Å². The van der Waals surface area contributed by atoms with Crippen molar-refractivity contribution in [1.82, 2.24) is 0 Å². The molecule has 0 aromatic heterocycles. The third-order valence-electron chi connectivity index (χ3n) is 1.25. The molecule has 0 amide bonds. The molecule has 0 N–H and O–H groups in total. The van der Waals surface area contributed by atoms with Gasteiger partial charge >= 0.3 is 0 Å². The fourth-order valence-electron chi connectivity index (χ4n) is 0.739. The first-order chi connectivity index (χ1) is 4.75. The van der Waals surface area contributed by atoms with E-state index in [1.165, 1.54) is 13.2 Å². The minimum Gasteiger partial charge on any atom is -0.494 e. The molecule has 1 aliphatic carbocycles. The van der Waals surface area contributed by atoms with Crippen molar-refractivity contribution < 1.29 is 13.5 Å². The van der Waals surface area contributed by atoms with Crippen LogP contribution in [0.4, 0.5) is 8.78 Å². The Labute approximate surface area is 58.0 Å². The first kappa shape index (κ1) is 7.25. The fraction of sp³-hybridized carbons (Fsp3) is 0.286. The first-order valence-electron chi connectivity index (χ1n) is 2.88. The second-order valence-electron chi connectivity index (χ2n) is 1.87. The quantitative estimate of drug-likeness (QED) is 0.550. The van der Waals surface area contributed by atoms with Crippen LogP contribution in [0.1, 0.15) is 6.42 Å². The van der Waals surface area contributed by atoms with Crippen LogP contribution in [-0.2, 0) is 4.74 Å². The normalized spacial score (nSPS) is 18.9. The van der Waals surface area contributed by atoms with Gasteiger partial charge in [-0.1, -0.05) is 0 Å². The van der Waals surface area contributed by atoms with Gasteiger partial charge in [-0.25, -0.2) is 8.78 Å². The summed E-state index contributed by atoms with van der Waals surface area (Å²) in [6, 6.07) is 0. The third kappa shape index (κ3) is 1.17. The lowest BCUT2D eigenvalue weighted by molar-refractivity contribution is 0.274. The topological polar surface area (TPSA) is 9.23 Å². The lowest BCUT2D eigenvalue weighted by atomic mass is 10.1. The molecule has 0 aromatic rings. The van der Waals surface area contributed by atoms with Crippen molar-refractivity contribution in [1.29, 1.82) is 0 Å². The monoisotopic (exact) mass is 145 g/mol. The summed E-state index contributed by atoms with van der Waals surface area (Å²) in [5.41, 5.74) is 0. The Kier molecular flexibility index (Phi) is 2.04. The molecule has 0 unspecified atom stereocenters. The van der Waals surface area contributed by atoms with Crippen LogP contribution in [0.2, 0.25) is 0 Å². The summed E-state index contributed by atoms with van der Waals surface area (Å²) in [4.78, 5) is 0. The van der Waals surface area contributed by atoms with Crippen LogP contribution in [-0.4, -0.2) is 7.11 Å². The number of methoxy groups -OCH3 is 1. The summed E-state index contributed by atoms with van der Waals surface area (Å²) in [6.07, 6.45) is 3.04. The maximum absolute atomic E-state index is 12.5. The van der Waals surface area contributed by atoms with E-state index in [2.05, 4.69) is 4.74 Å². The van der Waals surface area contributed by atoms with Crippen molar-refractivity contribution in [3.05, 3.63) is 29.9 Å². The van der Waals surface area contributed by atoms with Gasteiger partial charge in [-0.05, 0) is 12.5 Å². The largest absolute Gasteiger partial charge is 0.494 e. The molecule has 0 aliphatic heterocycles. The van der Waals surface area contributed by atoms with Crippen LogP contribution >= 0.6 is 0 Å². The number of ether oxygens (including phenoxy) is 1. The zero-order chi connectivity index (χ0) is 7.56. The molecule has 10 heavy (non-hydrogen) atoms. The Hall–Kier alpha value is -0.860. The minimum absolute atomic E-state index is 0.0139. The smallest absolute Gasteiger partial charge is 0.196 e. The molecule has 1 radical (unpaired) electrons. The summed E-state index contributed by atoms with van der Waals surface area (Å²) in [6.45, 7) is 0. The van der Waals surface area contributed by atoms with Gasteiger partial charge in [0.2, 0.25) is 0 Å². The minimum atomic E-state index is -0.909. The van der Waals surface area contributed by atoms with E-state index in [9.17, 15) is 8.78 Å². The summed E-state index contributed by atoms with van der Waals surface area (Å²) in [5, 5.41) is 0. The van der Waals surface area contributed by atoms with Gasteiger partial charge in [0.1, 0.15) is 5.83 Å². The Bertz CT molecular complexity index is 194. The van der Waals surface area contributed by atoms with E-state index in [-0.39, 0.29) is 5.76 Å². The summed E-state index contributed by atoms with van der Waals surface area (Å²) >= 11 is 0. The molecule has 0 aromatic carbocycles. The number of allylic oxidation sites excluding steroid dienone is 3. The van der Waals surface area contributed by atoms with Gasteiger partial charge < -0.3 is 4.74 Å². The predicted molar refractivity (Wildman–Crippen MR) is 33.3 cm³/mol. The Balaban J connectivity index is 2.83. The summed E-state index contributed by atoms with van der Waals surface area (Å²) < 4.78 is 29.4. The highest BCUT2D eigenvalue weighted by Crippen LogP contribution is 2.26. The molecule has 1 aliphatic rings. The second-order valence-corrected chi connectivity index (χ2v) is 1.87. The van der Waals surface area contributed by atoms with Crippen molar-refractivity contribution in [3.8, 4) is 0 Å². The van der Waals surface area contributed by atoms with Crippen molar-refractivity contribution in [2.75, 3.05) is 7.11 Å². The van der Waals surface area contributed by atoms with Gasteiger partial charge in [0.05, 0.1) is 7.11 Å². The van der Waals surface area contributed by atoms with Gasteiger partial charge in [0.15, 0.2) is 11.6 Å². The molecule has 0 bridgehead atoms. The molecular weight excluding hydrogens is 138 g/mol. The maximum atomic E-state index is 12.5. The highest BCUT2D eigenvalue weighted by molar-refractivity contribution is 5.31. The number of hydrogen-bond donors (Lipinski definition) is 0. The molecule has 0 saturated heterocycles. The molecule has 0 fully saturated rings. The molecular formula is C7H7F2O. The van der Waals surface area contributed by atoms with Crippen molar-refractivity contribution in [2.24, 2.45) is 0 Å². The first-order valence-corrected chi connectivity index (χ1v) is 2.88. The van der Waals surface area contributed by atoms with Crippen LogP contribution in [0.25, 0.3) is 0 Å². The summed E-state index contributed by atoms with van der Waals surface area (Å²) in [7, 11) is 1.31. The van der Waals surface area contributed by atoms with Crippen molar-refractivity contribution in [2.45, 2.75) is 6.42 Å². The molecule has 3 heteroatoms. The van der Waals surface area contributed by atoms with Gasteiger partial charge in [-0.15, -0.1) is 0 Å². The summed E-state index contributed by atoms with van der Waals surface area (Å²) in [5.74, 6) is -1.76. The van der Waals surface area contributed by atoms with E-state index in [1.807, 2.05) is 0 Å². The average Bonchev–Trinajstić information content (AvgIpc) is 1.95. The van der Waals surface area contributed by atoms with Crippen LogP contribution in [0, 0.1) is 6.42 Å². The van der Waals surface area contributed by atoms with Gasteiger partial charge in [0, 0.05) is 6.42 Å². The molecule has 55 valence electrons. The van der Waals surface area contributed by atoms with Crippen LogP contribution in [0.3, 0.4) is 0 Å². The predicted octanol–water partition coefficient (Wildman–Crippen LogP) is 2.28. The molecule has 1 nitrogen and oxygen atoms in total. The zero-order valence-electron chi connectivity index (χ0n) is 5.53. The van der Waals surface area contributed by atoms with E-state index < -0.39 is 11.7 Å². The van der Waals surface area contributed by atoms with Crippen LogP contribution in [0.5, 0.6) is 0 Å². The maximum Gasteiger partial charge on any atom is 0.196 e. The van der Waals surface area contributed by atoms with E-state index in [0.717, 1.165) is 6.42 Å².